The van der Waals surface area contributed by atoms with E-state index in [-0.39, 0.29) is 0 Å². The average Bonchev–Trinajstić information content (AvgIpc) is 2.40. The third kappa shape index (κ3) is 3.09. The van der Waals surface area contributed by atoms with E-state index in [4.69, 9.17) is 16.3 Å². The van der Waals surface area contributed by atoms with Crippen molar-refractivity contribution in [2.75, 3.05) is 6.61 Å². The predicted octanol–water partition coefficient (Wildman–Crippen LogP) is 3.99. The molecule has 3 heteroatoms. The Morgan fingerprint density at radius 3 is 2.37 bits per heavy atom. The van der Waals surface area contributed by atoms with Crippen LogP contribution in [-0.4, -0.2) is 11.7 Å². The highest BCUT2D eigenvalue weighted by atomic mass is 35.5. The Bertz CT molecular complexity index is 547. The van der Waals surface area contributed by atoms with Crippen LogP contribution in [0.5, 0.6) is 5.75 Å². The minimum Gasteiger partial charge on any atom is -0.494 e. The third-order valence-corrected chi connectivity index (χ3v) is 3.35. The van der Waals surface area contributed by atoms with Crippen molar-refractivity contribution in [3.8, 4) is 5.75 Å². The molecule has 2 aromatic carbocycles. The fourth-order valence-electron chi connectivity index (χ4n) is 2.00. The van der Waals surface area contributed by atoms with Gasteiger partial charge in [0.05, 0.1) is 6.61 Å². The van der Waals surface area contributed by atoms with Crippen LogP contribution >= 0.6 is 11.6 Å². The number of hydrogen-bond acceptors (Lipinski definition) is 2. The summed E-state index contributed by atoms with van der Waals surface area (Å²) in [5, 5.41) is 11.3. The van der Waals surface area contributed by atoms with Gasteiger partial charge in [-0.1, -0.05) is 35.9 Å². The van der Waals surface area contributed by atoms with E-state index in [9.17, 15) is 5.11 Å². The van der Waals surface area contributed by atoms with Crippen LogP contribution in [-0.2, 0) is 5.60 Å². The van der Waals surface area contributed by atoms with Crippen LogP contribution in [0.2, 0.25) is 5.02 Å². The van der Waals surface area contributed by atoms with E-state index >= 15 is 0 Å². The minimum absolute atomic E-state index is 0.615. The summed E-state index contributed by atoms with van der Waals surface area (Å²) in [6.07, 6.45) is 0. The average molecular weight is 277 g/mol. The summed E-state index contributed by atoms with van der Waals surface area (Å²) < 4.78 is 5.40. The molecule has 0 amide bonds. The summed E-state index contributed by atoms with van der Waals surface area (Å²) in [5.41, 5.74) is 0.498. The molecule has 0 radical (unpaired) electrons. The summed E-state index contributed by atoms with van der Waals surface area (Å²) in [6.45, 7) is 4.33. The molecule has 0 aliphatic rings. The Labute approximate surface area is 118 Å². The normalized spacial score (nSPS) is 13.9. The van der Waals surface area contributed by atoms with Gasteiger partial charge in [0.1, 0.15) is 11.4 Å². The van der Waals surface area contributed by atoms with Crippen LogP contribution in [0.25, 0.3) is 0 Å². The number of ether oxygens (including phenoxy) is 1. The van der Waals surface area contributed by atoms with Gasteiger partial charge in [-0.2, -0.15) is 0 Å². The first-order valence-corrected chi connectivity index (χ1v) is 6.63. The second kappa shape index (κ2) is 5.64. The highest BCUT2D eigenvalue weighted by Gasteiger charge is 2.25. The maximum absolute atomic E-state index is 10.7. The molecule has 1 atom stereocenters. The lowest BCUT2D eigenvalue weighted by molar-refractivity contribution is 0.102. The minimum atomic E-state index is -1.07. The molecule has 1 N–H and O–H groups in total. The van der Waals surface area contributed by atoms with Crippen molar-refractivity contribution >= 4 is 11.6 Å². The van der Waals surface area contributed by atoms with Crippen molar-refractivity contribution in [3.63, 3.8) is 0 Å². The predicted molar refractivity (Wildman–Crippen MR) is 77.7 cm³/mol. The van der Waals surface area contributed by atoms with Gasteiger partial charge in [0, 0.05) is 5.02 Å². The molecule has 0 aliphatic heterocycles. The second-order valence-corrected chi connectivity index (χ2v) is 4.98. The topological polar surface area (TPSA) is 29.5 Å². The molecule has 0 spiro atoms. The summed E-state index contributed by atoms with van der Waals surface area (Å²) in [4.78, 5) is 0. The standard InChI is InChI=1S/C16H17ClO2/c1-3-19-15-9-7-12(8-10-15)16(2,18)13-5-4-6-14(17)11-13/h4-11,18H,3H2,1-2H3. The first-order chi connectivity index (χ1) is 9.04. The zero-order chi connectivity index (χ0) is 13.9. The monoisotopic (exact) mass is 276 g/mol. The van der Waals surface area contributed by atoms with Crippen molar-refractivity contribution in [3.05, 3.63) is 64.7 Å². The summed E-state index contributed by atoms with van der Waals surface area (Å²) >= 11 is 5.97. The number of halogens is 1. The molecule has 2 aromatic rings. The molecule has 0 saturated heterocycles. The van der Waals surface area contributed by atoms with Gasteiger partial charge >= 0.3 is 0 Å². The van der Waals surface area contributed by atoms with E-state index in [2.05, 4.69) is 0 Å². The van der Waals surface area contributed by atoms with Crippen molar-refractivity contribution in [2.24, 2.45) is 0 Å². The van der Waals surface area contributed by atoms with E-state index in [0.717, 1.165) is 16.9 Å². The van der Waals surface area contributed by atoms with E-state index in [0.29, 0.717) is 11.6 Å². The van der Waals surface area contributed by atoms with Gasteiger partial charge in [0.2, 0.25) is 0 Å². The molecule has 2 nitrogen and oxygen atoms in total. The van der Waals surface area contributed by atoms with E-state index in [1.165, 1.54) is 0 Å². The lowest BCUT2D eigenvalue weighted by Gasteiger charge is -2.25. The zero-order valence-corrected chi connectivity index (χ0v) is 11.8. The van der Waals surface area contributed by atoms with Gasteiger partial charge in [-0.25, -0.2) is 0 Å². The van der Waals surface area contributed by atoms with Gasteiger partial charge in [-0.05, 0) is 49.2 Å². The van der Waals surface area contributed by atoms with Gasteiger partial charge < -0.3 is 9.84 Å². The molecule has 0 aliphatic carbocycles. The van der Waals surface area contributed by atoms with Crippen LogP contribution in [0.15, 0.2) is 48.5 Å². The first kappa shape index (κ1) is 13.9. The quantitative estimate of drug-likeness (QED) is 0.915. The molecule has 1 unspecified atom stereocenters. The smallest absolute Gasteiger partial charge is 0.119 e. The van der Waals surface area contributed by atoms with Crippen LogP contribution in [0, 0.1) is 0 Å². The van der Waals surface area contributed by atoms with Crippen LogP contribution < -0.4 is 4.74 Å². The van der Waals surface area contributed by atoms with Crippen molar-refractivity contribution in [2.45, 2.75) is 19.4 Å². The molecule has 19 heavy (non-hydrogen) atoms. The number of benzene rings is 2. The van der Waals surface area contributed by atoms with Crippen molar-refractivity contribution in [1.29, 1.82) is 0 Å². The largest absolute Gasteiger partial charge is 0.494 e. The number of rotatable bonds is 4. The molecule has 0 aromatic heterocycles. The summed E-state index contributed by atoms with van der Waals surface area (Å²) in [5.74, 6) is 0.799. The van der Waals surface area contributed by atoms with Crippen molar-refractivity contribution < 1.29 is 9.84 Å². The Balaban J connectivity index is 2.33. The highest BCUT2D eigenvalue weighted by Crippen LogP contribution is 2.31. The molecule has 100 valence electrons. The van der Waals surface area contributed by atoms with Gasteiger partial charge in [0.15, 0.2) is 0 Å². The fraction of sp³-hybridized carbons (Fsp3) is 0.250. The first-order valence-electron chi connectivity index (χ1n) is 6.26. The van der Waals surface area contributed by atoms with Gasteiger partial charge in [0.25, 0.3) is 0 Å². The Morgan fingerprint density at radius 1 is 1.11 bits per heavy atom. The SMILES string of the molecule is CCOc1ccc(C(C)(O)c2cccc(Cl)c2)cc1. The van der Waals surface area contributed by atoms with E-state index in [1.54, 1.807) is 19.1 Å². The molecule has 0 heterocycles. The molecule has 0 fully saturated rings. The third-order valence-electron chi connectivity index (χ3n) is 3.11. The van der Waals surface area contributed by atoms with Gasteiger partial charge in [-0.3, -0.25) is 0 Å². The van der Waals surface area contributed by atoms with Gasteiger partial charge in [-0.15, -0.1) is 0 Å². The molecule has 0 bridgehead atoms. The summed E-state index contributed by atoms with van der Waals surface area (Å²) in [7, 11) is 0. The molecular weight excluding hydrogens is 260 g/mol. The zero-order valence-electron chi connectivity index (χ0n) is 11.1. The van der Waals surface area contributed by atoms with Crippen molar-refractivity contribution in [1.82, 2.24) is 0 Å². The summed E-state index contributed by atoms with van der Waals surface area (Å²) in [6, 6.07) is 14.7. The highest BCUT2D eigenvalue weighted by molar-refractivity contribution is 6.30. The molecule has 0 saturated carbocycles. The lowest BCUT2D eigenvalue weighted by atomic mass is 9.88. The Hall–Kier alpha value is -1.51. The van der Waals surface area contributed by atoms with E-state index in [1.807, 2.05) is 43.3 Å². The van der Waals surface area contributed by atoms with Crippen LogP contribution in [0.1, 0.15) is 25.0 Å². The van der Waals surface area contributed by atoms with Crippen LogP contribution in [0.4, 0.5) is 0 Å². The molecule has 2 rings (SSSR count). The van der Waals surface area contributed by atoms with E-state index < -0.39 is 5.60 Å². The maximum atomic E-state index is 10.7. The fourth-order valence-corrected chi connectivity index (χ4v) is 2.19. The van der Waals surface area contributed by atoms with Crippen LogP contribution in [0.3, 0.4) is 0 Å². The number of aliphatic hydroxyl groups is 1. The lowest BCUT2D eigenvalue weighted by Crippen LogP contribution is -2.22. The number of hydrogen-bond donors (Lipinski definition) is 1. The maximum Gasteiger partial charge on any atom is 0.119 e. The molecular formula is C16H17ClO2. The second-order valence-electron chi connectivity index (χ2n) is 4.54. The Kier molecular flexibility index (Phi) is 4.13. The Morgan fingerprint density at radius 2 is 1.79 bits per heavy atom.